The zero-order valence-corrected chi connectivity index (χ0v) is 19.4. The Morgan fingerprint density at radius 1 is 0.931 bits per heavy atom. The molecule has 1 atom stereocenters. The van der Waals surface area contributed by atoms with E-state index < -0.39 is 6.10 Å². The smallest absolute Gasteiger partial charge is 0.234 e. The van der Waals surface area contributed by atoms with Crippen molar-refractivity contribution in [3.05, 3.63) is 35.9 Å². The summed E-state index contributed by atoms with van der Waals surface area (Å²) in [5.74, 6) is 0.0725. The Morgan fingerprint density at radius 2 is 1.52 bits per heavy atom. The second-order valence-electron chi connectivity index (χ2n) is 7.90. The second-order valence-corrected chi connectivity index (χ2v) is 7.90. The van der Waals surface area contributed by atoms with Gasteiger partial charge in [0, 0.05) is 19.5 Å². The summed E-state index contributed by atoms with van der Waals surface area (Å²) in [7, 11) is 0. The first kappa shape index (κ1) is 27.9. The monoisotopic (exact) mass is 426 g/mol. The molecular formula is C24H43ClN2O2. The summed E-state index contributed by atoms with van der Waals surface area (Å²) in [4.78, 5) is 12.2. The minimum Gasteiger partial charge on any atom is -0.391 e. The highest BCUT2D eigenvalue weighted by Crippen LogP contribution is 2.10. The average molecular weight is 427 g/mol. The minimum absolute atomic E-state index is 0. The standard InChI is InChI=1S/C24H42N2O2.ClH/c1-3-5-6-7-8-9-10-11-15-18-24(28)25-26(19-4-2)21-23(27)20-22-16-13-12-14-17-22;/h12-14,16-17,23,27H,3-11,15,18-21H2,1-2H3,(H,25,28);1H. The van der Waals surface area contributed by atoms with Gasteiger partial charge in [-0.3, -0.25) is 10.2 Å². The zero-order valence-electron chi connectivity index (χ0n) is 18.6. The SMILES string of the molecule is CCCCCCCCCCCC(=O)NN(CCC)CC(O)Cc1ccccc1.Cl. The van der Waals surface area contributed by atoms with Crippen LogP contribution in [-0.4, -0.2) is 35.2 Å². The molecule has 1 amide bonds. The molecule has 1 unspecified atom stereocenters. The summed E-state index contributed by atoms with van der Waals surface area (Å²) < 4.78 is 0. The first-order valence-electron chi connectivity index (χ1n) is 11.4. The molecule has 0 spiro atoms. The van der Waals surface area contributed by atoms with Crippen molar-refractivity contribution in [1.82, 2.24) is 10.4 Å². The van der Waals surface area contributed by atoms with Crippen molar-refractivity contribution in [3.8, 4) is 0 Å². The van der Waals surface area contributed by atoms with Crippen molar-refractivity contribution in [1.29, 1.82) is 0 Å². The number of carbonyl (C=O) groups excluding carboxylic acids is 1. The molecule has 0 saturated carbocycles. The van der Waals surface area contributed by atoms with E-state index in [2.05, 4.69) is 19.3 Å². The molecule has 168 valence electrons. The maximum absolute atomic E-state index is 12.2. The fraction of sp³-hybridized carbons (Fsp3) is 0.708. The lowest BCUT2D eigenvalue weighted by atomic mass is 10.1. The van der Waals surface area contributed by atoms with Crippen LogP contribution in [0.4, 0.5) is 0 Å². The number of hydrogen-bond donors (Lipinski definition) is 2. The molecule has 0 radical (unpaired) electrons. The van der Waals surface area contributed by atoms with Gasteiger partial charge in [-0.15, -0.1) is 12.4 Å². The lowest BCUT2D eigenvalue weighted by Crippen LogP contribution is -2.46. The predicted molar refractivity (Wildman–Crippen MR) is 125 cm³/mol. The molecule has 2 N–H and O–H groups in total. The predicted octanol–water partition coefficient (Wildman–Crippen LogP) is 5.68. The molecular weight excluding hydrogens is 384 g/mol. The van der Waals surface area contributed by atoms with Crippen molar-refractivity contribution >= 4 is 18.3 Å². The van der Waals surface area contributed by atoms with Crippen molar-refractivity contribution < 1.29 is 9.90 Å². The lowest BCUT2D eigenvalue weighted by molar-refractivity contribution is -0.126. The molecule has 4 nitrogen and oxygen atoms in total. The number of unbranched alkanes of at least 4 members (excludes halogenated alkanes) is 8. The molecule has 0 saturated heterocycles. The highest BCUT2D eigenvalue weighted by Gasteiger charge is 2.14. The fourth-order valence-corrected chi connectivity index (χ4v) is 3.50. The number of nitrogens with zero attached hydrogens (tertiary/aromatic N) is 1. The van der Waals surface area contributed by atoms with Crippen molar-refractivity contribution in [2.75, 3.05) is 13.1 Å². The molecule has 0 aromatic heterocycles. The summed E-state index contributed by atoms with van der Waals surface area (Å²) in [6.07, 6.45) is 12.9. The number of benzene rings is 1. The Bertz CT molecular complexity index is 499. The third kappa shape index (κ3) is 15.4. The van der Waals surface area contributed by atoms with Crippen LogP contribution in [0.3, 0.4) is 0 Å². The van der Waals surface area contributed by atoms with E-state index in [-0.39, 0.29) is 18.3 Å². The van der Waals surface area contributed by atoms with Gasteiger partial charge in [0.15, 0.2) is 0 Å². The quantitative estimate of drug-likeness (QED) is 0.249. The second kappa shape index (κ2) is 18.9. The van der Waals surface area contributed by atoms with Gasteiger partial charge in [-0.1, -0.05) is 95.5 Å². The Labute approximate surface area is 184 Å². The van der Waals surface area contributed by atoms with E-state index in [1.807, 2.05) is 35.3 Å². The molecule has 1 aromatic rings. The Kier molecular flexibility index (Phi) is 18.2. The van der Waals surface area contributed by atoms with Gasteiger partial charge in [-0.05, 0) is 24.8 Å². The number of amides is 1. The largest absolute Gasteiger partial charge is 0.391 e. The fourth-order valence-electron chi connectivity index (χ4n) is 3.50. The number of rotatable bonds is 17. The number of aliphatic hydroxyl groups excluding tert-OH is 1. The number of halogens is 1. The van der Waals surface area contributed by atoms with Gasteiger partial charge in [0.25, 0.3) is 0 Å². The van der Waals surface area contributed by atoms with Gasteiger partial charge in [-0.2, -0.15) is 0 Å². The number of aliphatic hydroxyl groups is 1. The molecule has 0 fully saturated rings. The molecule has 0 bridgehead atoms. The highest BCUT2D eigenvalue weighted by atomic mass is 35.5. The van der Waals surface area contributed by atoms with Crippen molar-refractivity contribution in [3.63, 3.8) is 0 Å². The van der Waals surface area contributed by atoms with Crippen LogP contribution < -0.4 is 5.43 Å². The third-order valence-corrected chi connectivity index (χ3v) is 5.03. The molecule has 0 aliphatic rings. The molecule has 5 heteroatoms. The van der Waals surface area contributed by atoms with Gasteiger partial charge in [-0.25, -0.2) is 5.01 Å². The highest BCUT2D eigenvalue weighted by molar-refractivity contribution is 5.85. The number of hydrazine groups is 1. The minimum atomic E-state index is -0.484. The Hall–Kier alpha value is -1.10. The van der Waals surface area contributed by atoms with Gasteiger partial charge in [0.2, 0.25) is 5.91 Å². The van der Waals surface area contributed by atoms with Crippen LogP contribution >= 0.6 is 12.4 Å². The third-order valence-electron chi connectivity index (χ3n) is 5.03. The van der Waals surface area contributed by atoms with Crippen LogP contribution in [-0.2, 0) is 11.2 Å². The Balaban J connectivity index is 0.00000784. The molecule has 0 heterocycles. The van der Waals surface area contributed by atoms with Gasteiger partial charge in [0.05, 0.1) is 6.10 Å². The van der Waals surface area contributed by atoms with E-state index in [1.54, 1.807) is 0 Å². The number of carbonyl (C=O) groups is 1. The normalized spacial score (nSPS) is 11.9. The topological polar surface area (TPSA) is 52.6 Å². The van der Waals surface area contributed by atoms with Crippen LogP contribution in [0.15, 0.2) is 30.3 Å². The van der Waals surface area contributed by atoms with Crippen LogP contribution in [0, 0.1) is 0 Å². The van der Waals surface area contributed by atoms with Gasteiger partial charge >= 0.3 is 0 Å². The zero-order chi connectivity index (χ0) is 20.5. The summed E-state index contributed by atoms with van der Waals surface area (Å²) in [6, 6.07) is 10.00. The Morgan fingerprint density at radius 3 is 2.10 bits per heavy atom. The van der Waals surface area contributed by atoms with E-state index in [4.69, 9.17) is 0 Å². The first-order chi connectivity index (χ1) is 13.7. The van der Waals surface area contributed by atoms with E-state index in [0.717, 1.165) is 31.4 Å². The summed E-state index contributed by atoms with van der Waals surface area (Å²) in [5, 5.41) is 12.2. The van der Waals surface area contributed by atoms with Gasteiger partial charge in [0.1, 0.15) is 0 Å². The van der Waals surface area contributed by atoms with E-state index in [9.17, 15) is 9.90 Å². The summed E-state index contributed by atoms with van der Waals surface area (Å²) in [5.41, 5.74) is 4.11. The summed E-state index contributed by atoms with van der Waals surface area (Å²) >= 11 is 0. The van der Waals surface area contributed by atoms with Crippen LogP contribution in [0.25, 0.3) is 0 Å². The molecule has 29 heavy (non-hydrogen) atoms. The van der Waals surface area contributed by atoms with Crippen LogP contribution in [0.5, 0.6) is 0 Å². The van der Waals surface area contributed by atoms with Gasteiger partial charge < -0.3 is 5.11 Å². The first-order valence-corrected chi connectivity index (χ1v) is 11.4. The van der Waals surface area contributed by atoms with Crippen LogP contribution in [0.1, 0.15) is 90.0 Å². The molecule has 0 aliphatic heterocycles. The van der Waals surface area contributed by atoms with E-state index in [0.29, 0.717) is 19.4 Å². The summed E-state index contributed by atoms with van der Waals surface area (Å²) in [6.45, 7) is 5.56. The van der Waals surface area contributed by atoms with Crippen LogP contribution in [0.2, 0.25) is 0 Å². The lowest BCUT2D eigenvalue weighted by Gasteiger charge is -2.25. The molecule has 0 aliphatic carbocycles. The molecule has 1 aromatic carbocycles. The van der Waals surface area contributed by atoms with Crippen molar-refractivity contribution in [2.24, 2.45) is 0 Å². The van der Waals surface area contributed by atoms with E-state index in [1.165, 1.54) is 44.9 Å². The number of nitrogens with one attached hydrogen (secondary N) is 1. The molecule has 1 rings (SSSR count). The average Bonchev–Trinajstić information content (AvgIpc) is 2.67. The van der Waals surface area contributed by atoms with E-state index >= 15 is 0 Å². The van der Waals surface area contributed by atoms with Crippen molar-refractivity contribution in [2.45, 2.75) is 97.0 Å². The maximum Gasteiger partial charge on any atom is 0.234 e. The maximum atomic E-state index is 12.2. The number of hydrogen-bond acceptors (Lipinski definition) is 3.